The van der Waals surface area contributed by atoms with Gasteiger partial charge in [0.25, 0.3) is 0 Å². The van der Waals surface area contributed by atoms with E-state index < -0.39 is 0 Å². The fourth-order valence-electron chi connectivity index (χ4n) is 1.66. The topological polar surface area (TPSA) is 39.2 Å². The predicted molar refractivity (Wildman–Crippen MR) is 69.9 cm³/mol. The first kappa shape index (κ1) is 12.3. The molecule has 18 heavy (non-hydrogen) atoms. The van der Waals surface area contributed by atoms with Gasteiger partial charge in [-0.25, -0.2) is 4.98 Å². The molecule has 0 spiro atoms. The number of rotatable bonds is 4. The molecule has 0 fully saturated rings. The van der Waals surface area contributed by atoms with Crippen molar-refractivity contribution in [1.82, 2.24) is 4.98 Å². The van der Waals surface area contributed by atoms with Crippen LogP contribution >= 0.6 is 0 Å². The number of carbonyl (C=O) groups is 1. The molecule has 3 nitrogen and oxygen atoms in total. The summed E-state index contributed by atoms with van der Waals surface area (Å²) >= 11 is 0. The molecule has 0 aliphatic rings. The van der Waals surface area contributed by atoms with E-state index in [1.54, 1.807) is 18.3 Å². The standard InChI is InChI=1S/C15H15NO2/c1-11-3-4-12(2)13(7-11)10-18-15-6-5-14(9-17)16-8-15/h3-9H,10H2,1-2H3. The molecule has 3 heteroatoms. The molecule has 0 unspecified atom stereocenters. The van der Waals surface area contributed by atoms with Crippen molar-refractivity contribution in [2.45, 2.75) is 20.5 Å². The fourth-order valence-corrected chi connectivity index (χ4v) is 1.66. The summed E-state index contributed by atoms with van der Waals surface area (Å²) in [5, 5.41) is 0. The zero-order valence-corrected chi connectivity index (χ0v) is 10.5. The molecule has 0 aliphatic heterocycles. The van der Waals surface area contributed by atoms with Crippen LogP contribution in [0.25, 0.3) is 0 Å². The van der Waals surface area contributed by atoms with Crippen molar-refractivity contribution in [3.63, 3.8) is 0 Å². The van der Waals surface area contributed by atoms with E-state index in [1.165, 1.54) is 11.1 Å². The molecule has 1 aromatic heterocycles. The molecule has 0 saturated carbocycles. The van der Waals surface area contributed by atoms with E-state index >= 15 is 0 Å². The van der Waals surface area contributed by atoms with Crippen LogP contribution in [0, 0.1) is 13.8 Å². The molecule has 92 valence electrons. The van der Waals surface area contributed by atoms with E-state index in [-0.39, 0.29) is 0 Å². The molecule has 0 N–H and O–H groups in total. The van der Waals surface area contributed by atoms with Gasteiger partial charge in [-0.15, -0.1) is 0 Å². The number of aromatic nitrogens is 1. The second-order valence-corrected chi connectivity index (χ2v) is 4.26. The third-order valence-corrected chi connectivity index (χ3v) is 2.78. The van der Waals surface area contributed by atoms with Crippen LogP contribution < -0.4 is 4.74 Å². The van der Waals surface area contributed by atoms with Crippen LogP contribution in [0.4, 0.5) is 0 Å². The number of aryl methyl sites for hydroxylation is 2. The summed E-state index contributed by atoms with van der Waals surface area (Å²) in [6.07, 6.45) is 2.28. The van der Waals surface area contributed by atoms with E-state index in [0.717, 1.165) is 5.56 Å². The van der Waals surface area contributed by atoms with E-state index in [9.17, 15) is 4.79 Å². The maximum absolute atomic E-state index is 10.5. The molecule has 0 radical (unpaired) electrons. The highest BCUT2D eigenvalue weighted by Gasteiger charge is 2.01. The molecule has 2 rings (SSSR count). The Morgan fingerprint density at radius 3 is 2.72 bits per heavy atom. The molecule has 0 saturated heterocycles. The fraction of sp³-hybridized carbons (Fsp3) is 0.200. The minimum absolute atomic E-state index is 0.411. The number of ether oxygens (including phenoxy) is 1. The first-order chi connectivity index (χ1) is 8.69. The third kappa shape index (κ3) is 2.94. The summed E-state index contributed by atoms with van der Waals surface area (Å²) in [6.45, 7) is 4.63. The van der Waals surface area contributed by atoms with Gasteiger partial charge >= 0.3 is 0 Å². The van der Waals surface area contributed by atoms with Gasteiger partial charge in [-0.05, 0) is 37.1 Å². The number of aldehydes is 1. The van der Waals surface area contributed by atoms with Crippen molar-refractivity contribution < 1.29 is 9.53 Å². The Morgan fingerprint density at radius 2 is 2.06 bits per heavy atom. The minimum Gasteiger partial charge on any atom is -0.487 e. The van der Waals surface area contributed by atoms with Crippen molar-refractivity contribution in [1.29, 1.82) is 0 Å². The molecular formula is C15H15NO2. The average Bonchev–Trinajstić information content (AvgIpc) is 2.40. The molecule has 0 amide bonds. The van der Waals surface area contributed by atoms with E-state index in [1.807, 2.05) is 0 Å². The Hall–Kier alpha value is -2.16. The average molecular weight is 241 g/mol. The number of hydrogen-bond donors (Lipinski definition) is 0. The van der Waals surface area contributed by atoms with Crippen molar-refractivity contribution in [3.05, 3.63) is 58.9 Å². The number of pyridine rings is 1. The van der Waals surface area contributed by atoms with Gasteiger partial charge in [-0.1, -0.05) is 23.8 Å². The summed E-state index contributed by atoms with van der Waals surface area (Å²) in [5.41, 5.74) is 4.00. The molecule has 0 aliphatic carbocycles. The quantitative estimate of drug-likeness (QED) is 0.772. The molecule has 0 atom stereocenters. The van der Waals surface area contributed by atoms with Crippen LogP contribution in [-0.4, -0.2) is 11.3 Å². The van der Waals surface area contributed by atoms with Gasteiger partial charge in [0.05, 0.1) is 6.20 Å². The van der Waals surface area contributed by atoms with Crippen LogP contribution in [0.5, 0.6) is 5.75 Å². The van der Waals surface area contributed by atoms with Crippen LogP contribution in [-0.2, 0) is 6.61 Å². The first-order valence-corrected chi connectivity index (χ1v) is 5.79. The third-order valence-electron chi connectivity index (χ3n) is 2.78. The maximum atomic E-state index is 10.5. The summed E-state index contributed by atoms with van der Waals surface area (Å²) < 4.78 is 5.65. The number of benzene rings is 1. The Bertz CT molecular complexity index is 547. The summed E-state index contributed by atoms with van der Waals surface area (Å²) in [7, 11) is 0. The SMILES string of the molecule is Cc1ccc(C)c(COc2ccc(C=O)nc2)c1. The second-order valence-electron chi connectivity index (χ2n) is 4.26. The van der Waals surface area contributed by atoms with Crippen molar-refractivity contribution >= 4 is 6.29 Å². The van der Waals surface area contributed by atoms with Gasteiger partial charge in [-0.2, -0.15) is 0 Å². The largest absolute Gasteiger partial charge is 0.487 e. The van der Waals surface area contributed by atoms with Crippen molar-refractivity contribution in [3.8, 4) is 5.75 Å². The Kier molecular flexibility index (Phi) is 3.72. The smallest absolute Gasteiger partial charge is 0.168 e. The lowest BCUT2D eigenvalue weighted by Gasteiger charge is -2.09. The normalized spacial score (nSPS) is 10.1. The van der Waals surface area contributed by atoms with Gasteiger partial charge in [-0.3, -0.25) is 4.79 Å². The number of carbonyl (C=O) groups excluding carboxylic acids is 1. The summed E-state index contributed by atoms with van der Waals surface area (Å²) in [4.78, 5) is 14.4. The lowest BCUT2D eigenvalue weighted by molar-refractivity contribution is 0.111. The zero-order valence-electron chi connectivity index (χ0n) is 10.5. The predicted octanol–water partition coefficient (Wildman–Crippen LogP) is 3.09. The molecule has 2 aromatic rings. The van der Waals surface area contributed by atoms with Crippen molar-refractivity contribution in [2.75, 3.05) is 0 Å². The van der Waals surface area contributed by atoms with Crippen LogP contribution in [0.15, 0.2) is 36.5 Å². The van der Waals surface area contributed by atoms with Gasteiger partial charge in [0, 0.05) is 0 Å². The summed E-state index contributed by atoms with van der Waals surface area (Å²) in [5.74, 6) is 0.668. The zero-order chi connectivity index (χ0) is 13.0. The van der Waals surface area contributed by atoms with E-state index in [0.29, 0.717) is 24.3 Å². The summed E-state index contributed by atoms with van der Waals surface area (Å²) in [6, 6.07) is 9.68. The number of nitrogens with zero attached hydrogens (tertiary/aromatic N) is 1. The van der Waals surface area contributed by atoms with E-state index in [2.05, 4.69) is 37.0 Å². The molecule has 1 heterocycles. The Labute approximate surface area is 106 Å². The lowest BCUT2D eigenvalue weighted by Crippen LogP contribution is -1.99. The maximum Gasteiger partial charge on any atom is 0.168 e. The highest BCUT2D eigenvalue weighted by Crippen LogP contribution is 2.15. The first-order valence-electron chi connectivity index (χ1n) is 5.79. The molecule has 1 aromatic carbocycles. The highest BCUT2D eigenvalue weighted by molar-refractivity contribution is 5.71. The Balaban J connectivity index is 2.06. The minimum atomic E-state index is 0.411. The molecule has 0 bridgehead atoms. The van der Waals surface area contributed by atoms with E-state index in [4.69, 9.17) is 4.74 Å². The van der Waals surface area contributed by atoms with Crippen molar-refractivity contribution in [2.24, 2.45) is 0 Å². The lowest BCUT2D eigenvalue weighted by atomic mass is 10.1. The van der Waals surface area contributed by atoms with Gasteiger partial charge in [0.1, 0.15) is 18.1 Å². The monoisotopic (exact) mass is 241 g/mol. The van der Waals surface area contributed by atoms with Crippen LogP contribution in [0.3, 0.4) is 0 Å². The highest BCUT2D eigenvalue weighted by atomic mass is 16.5. The van der Waals surface area contributed by atoms with Gasteiger partial charge in [0.2, 0.25) is 0 Å². The second kappa shape index (κ2) is 5.45. The Morgan fingerprint density at radius 1 is 1.22 bits per heavy atom. The van der Waals surface area contributed by atoms with Crippen LogP contribution in [0.1, 0.15) is 27.2 Å². The van der Waals surface area contributed by atoms with Crippen LogP contribution in [0.2, 0.25) is 0 Å². The molecular weight excluding hydrogens is 226 g/mol. The van der Waals surface area contributed by atoms with Gasteiger partial charge < -0.3 is 4.74 Å². The van der Waals surface area contributed by atoms with Gasteiger partial charge in [0.15, 0.2) is 6.29 Å². The number of hydrogen-bond acceptors (Lipinski definition) is 3.